The molecular formula is C29H53NO6. The number of hydrogen-bond donors (Lipinski definition) is 2. The number of aliphatic carboxylic acids is 3. The van der Waals surface area contributed by atoms with Crippen molar-refractivity contribution in [3.63, 3.8) is 0 Å². The Balaban J connectivity index is 3.72. The summed E-state index contributed by atoms with van der Waals surface area (Å²) in [4.78, 5) is 33.4. The maximum Gasteiger partial charge on any atom is 0.359 e. The van der Waals surface area contributed by atoms with Crippen molar-refractivity contribution in [2.24, 2.45) is 0 Å². The Kier molecular flexibility index (Phi) is 22.3. The quantitative estimate of drug-likeness (QED) is 0.0829. The summed E-state index contributed by atoms with van der Waals surface area (Å²) in [6.45, 7) is 0.812. The van der Waals surface area contributed by atoms with Gasteiger partial charge in [-0.2, -0.15) is 0 Å². The zero-order valence-corrected chi connectivity index (χ0v) is 22.9. The number of carbonyl (C=O) groups excluding carboxylic acids is 1. The molecule has 0 amide bonds. The lowest BCUT2D eigenvalue weighted by Crippen LogP contribution is -2.59. The molecule has 0 saturated carbocycles. The third kappa shape index (κ3) is 22.6. The molecule has 0 aromatic heterocycles. The zero-order valence-electron chi connectivity index (χ0n) is 22.9. The standard InChI is InChI=1S/C29H53NO6/c1-2-3-4-5-6-7-8-9-10-11-12-13-14-15-16-17-18-19-20-21-22-23-30(24-27(31)32,25-28(33)34)26-29(35)36/h17-18H,2-16,19-26H2,1H3,(H2-,31,32,33,34,35,36)/b18-17+. The fourth-order valence-corrected chi connectivity index (χ4v) is 4.83. The van der Waals surface area contributed by atoms with Crippen LogP contribution in [0.2, 0.25) is 0 Å². The number of carboxylic acids is 3. The number of rotatable bonds is 27. The van der Waals surface area contributed by atoms with Crippen LogP contribution in [0.3, 0.4) is 0 Å². The van der Waals surface area contributed by atoms with Crippen LogP contribution in [0.25, 0.3) is 0 Å². The summed E-state index contributed by atoms with van der Waals surface area (Å²) >= 11 is 0. The lowest BCUT2D eigenvalue weighted by Gasteiger charge is -2.36. The molecule has 0 aliphatic rings. The second-order valence-corrected chi connectivity index (χ2v) is 10.4. The molecule has 0 spiro atoms. The van der Waals surface area contributed by atoms with E-state index in [0.29, 0.717) is 6.42 Å². The molecule has 0 unspecified atom stereocenters. The molecule has 0 fully saturated rings. The first-order valence-electron chi connectivity index (χ1n) is 14.4. The number of carboxylic acid groups (broad SMARTS) is 3. The number of hydrogen-bond acceptors (Lipinski definition) is 4. The molecule has 0 rings (SSSR count). The van der Waals surface area contributed by atoms with E-state index in [1.165, 1.54) is 89.9 Å². The molecule has 0 radical (unpaired) electrons. The smallest absolute Gasteiger partial charge is 0.359 e. The zero-order chi connectivity index (χ0) is 26.9. The normalized spacial score (nSPS) is 11.8. The minimum Gasteiger partial charge on any atom is -0.544 e. The Morgan fingerprint density at radius 1 is 0.583 bits per heavy atom. The van der Waals surface area contributed by atoms with E-state index in [4.69, 9.17) is 10.2 Å². The van der Waals surface area contributed by atoms with Crippen LogP contribution in [0.1, 0.15) is 129 Å². The lowest BCUT2D eigenvalue weighted by atomic mass is 10.0. The highest BCUT2D eigenvalue weighted by Gasteiger charge is 2.33. The minimum absolute atomic E-state index is 0.204. The van der Waals surface area contributed by atoms with Gasteiger partial charge in [-0.3, -0.25) is 0 Å². The van der Waals surface area contributed by atoms with Gasteiger partial charge >= 0.3 is 11.9 Å². The Labute approximate surface area is 219 Å². The Morgan fingerprint density at radius 2 is 0.944 bits per heavy atom. The van der Waals surface area contributed by atoms with Crippen molar-refractivity contribution in [1.29, 1.82) is 0 Å². The molecule has 0 aliphatic heterocycles. The SMILES string of the molecule is CCCCCCCCCCCCCCCC/C=C/CCCCC[N+](CC(=O)[O-])(CC(=O)O)CC(=O)O. The molecule has 0 aromatic carbocycles. The molecule has 0 aliphatic carbocycles. The first kappa shape index (κ1) is 34.1. The van der Waals surface area contributed by atoms with Crippen LogP contribution in [-0.4, -0.2) is 58.8 Å². The monoisotopic (exact) mass is 511 g/mol. The van der Waals surface area contributed by atoms with Gasteiger partial charge in [-0.25, -0.2) is 9.59 Å². The van der Waals surface area contributed by atoms with Gasteiger partial charge in [0.15, 0.2) is 13.1 Å². The maximum atomic E-state index is 11.2. The molecule has 0 saturated heterocycles. The number of unbranched alkanes of at least 4 members (excludes halogenated alkanes) is 17. The van der Waals surface area contributed by atoms with Gasteiger partial charge in [-0.15, -0.1) is 0 Å². The van der Waals surface area contributed by atoms with Gasteiger partial charge in [0.25, 0.3) is 0 Å². The average molecular weight is 512 g/mol. The van der Waals surface area contributed by atoms with Crippen LogP contribution in [0.4, 0.5) is 0 Å². The molecule has 36 heavy (non-hydrogen) atoms. The summed E-state index contributed by atoms with van der Waals surface area (Å²) in [5.41, 5.74) is 0. The third-order valence-electron chi connectivity index (χ3n) is 6.80. The molecule has 0 heterocycles. The van der Waals surface area contributed by atoms with Crippen LogP contribution in [0.5, 0.6) is 0 Å². The topological polar surface area (TPSA) is 115 Å². The molecule has 2 N–H and O–H groups in total. The van der Waals surface area contributed by atoms with Crippen molar-refractivity contribution in [1.82, 2.24) is 0 Å². The molecule has 0 aromatic rings. The van der Waals surface area contributed by atoms with E-state index in [-0.39, 0.29) is 6.54 Å². The summed E-state index contributed by atoms with van der Waals surface area (Å²) < 4.78 is -0.512. The van der Waals surface area contributed by atoms with E-state index < -0.39 is 42.0 Å². The molecular weight excluding hydrogens is 458 g/mol. The van der Waals surface area contributed by atoms with E-state index >= 15 is 0 Å². The molecule has 210 valence electrons. The van der Waals surface area contributed by atoms with E-state index in [2.05, 4.69) is 19.1 Å². The first-order chi connectivity index (χ1) is 17.3. The summed E-state index contributed by atoms with van der Waals surface area (Å²) in [6.07, 6.45) is 27.8. The largest absolute Gasteiger partial charge is 0.544 e. The van der Waals surface area contributed by atoms with E-state index in [1.54, 1.807) is 0 Å². The van der Waals surface area contributed by atoms with Gasteiger partial charge in [0.2, 0.25) is 0 Å². The predicted molar refractivity (Wildman–Crippen MR) is 143 cm³/mol. The third-order valence-corrected chi connectivity index (χ3v) is 6.80. The first-order valence-corrected chi connectivity index (χ1v) is 14.4. The minimum atomic E-state index is -1.43. The van der Waals surface area contributed by atoms with Gasteiger partial charge in [0, 0.05) is 0 Å². The van der Waals surface area contributed by atoms with Crippen molar-refractivity contribution >= 4 is 17.9 Å². The van der Waals surface area contributed by atoms with Crippen LogP contribution in [-0.2, 0) is 14.4 Å². The number of allylic oxidation sites excluding steroid dienone is 2. The Morgan fingerprint density at radius 3 is 1.31 bits per heavy atom. The van der Waals surface area contributed by atoms with Crippen molar-refractivity contribution in [3.05, 3.63) is 12.2 Å². The fraction of sp³-hybridized carbons (Fsp3) is 0.828. The summed E-state index contributed by atoms with van der Waals surface area (Å²) in [5, 5.41) is 29.3. The highest BCUT2D eigenvalue weighted by atomic mass is 16.4. The summed E-state index contributed by atoms with van der Waals surface area (Å²) in [7, 11) is 0. The summed E-state index contributed by atoms with van der Waals surface area (Å²) in [5.74, 6) is -3.84. The average Bonchev–Trinajstić information content (AvgIpc) is 2.78. The molecule has 7 nitrogen and oxygen atoms in total. The van der Waals surface area contributed by atoms with Gasteiger partial charge in [-0.1, -0.05) is 103 Å². The molecule has 0 atom stereocenters. The van der Waals surface area contributed by atoms with Gasteiger partial charge < -0.3 is 24.6 Å². The Hall–Kier alpha value is -1.89. The second-order valence-electron chi connectivity index (χ2n) is 10.4. The highest BCUT2D eigenvalue weighted by molar-refractivity contribution is 5.72. The van der Waals surface area contributed by atoms with Crippen molar-refractivity contribution < 1.29 is 34.2 Å². The van der Waals surface area contributed by atoms with Crippen LogP contribution < -0.4 is 5.11 Å². The lowest BCUT2D eigenvalue weighted by molar-refractivity contribution is -0.909. The van der Waals surface area contributed by atoms with Gasteiger partial charge in [0.1, 0.15) is 6.54 Å². The van der Waals surface area contributed by atoms with Gasteiger partial charge in [0.05, 0.1) is 12.5 Å². The Bertz CT molecular complexity index is 564. The molecule has 0 bridgehead atoms. The highest BCUT2D eigenvalue weighted by Crippen LogP contribution is 2.14. The second kappa shape index (κ2) is 23.5. The maximum absolute atomic E-state index is 11.2. The molecule has 7 heteroatoms. The number of carbonyl (C=O) groups is 3. The number of nitrogens with zero attached hydrogens (tertiary/aromatic N) is 1. The van der Waals surface area contributed by atoms with Gasteiger partial charge in [-0.05, 0) is 38.5 Å². The van der Waals surface area contributed by atoms with Crippen molar-refractivity contribution in [3.8, 4) is 0 Å². The van der Waals surface area contributed by atoms with E-state index in [0.717, 1.165) is 25.7 Å². The predicted octanol–water partition coefficient (Wildman–Crippen LogP) is 5.71. The van der Waals surface area contributed by atoms with Crippen LogP contribution in [0, 0.1) is 0 Å². The van der Waals surface area contributed by atoms with E-state index in [9.17, 15) is 19.5 Å². The van der Waals surface area contributed by atoms with E-state index in [1.807, 2.05) is 0 Å². The summed E-state index contributed by atoms with van der Waals surface area (Å²) in [6, 6.07) is 0. The van der Waals surface area contributed by atoms with Crippen molar-refractivity contribution in [2.45, 2.75) is 129 Å². The van der Waals surface area contributed by atoms with Crippen molar-refractivity contribution in [2.75, 3.05) is 26.2 Å². The van der Waals surface area contributed by atoms with Crippen LogP contribution in [0.15, 0.2) is 12.2 Å². The number of quaternary nitrogens is 1. The fourth-order valence-electron chi connectivity index (χ4n) is 4.83. The van der Waals surface area contributed by atoms with Crippen LogP contribution >= 0.6 is 0 Å².